The monoisotopic (exact) mass is 497 g/mol. The summed E-state index contributed by atoms with van der Waals surface area (Å²) in [5.74, 6) is 0.985. The summed E-state index contributed by atoms with van der Waals surface area (Å²) < 4.78 is 0. The van der Waals surface area contributed by atoms with Gasteiger partial charge in [-0.05, 0) is 44.2 Å². The SMILES string of the molecule is CN=C(NCCC(=O)N1CCCCC1C)NCCc1c[nH]c2ccccc12.I. The summed E-state index contributed by atoms with van der Waals surface area (Å²) in [5, 5.41) is 7.86. The Kier molecular flexibility index (Phi) is 9.08. The number of amides is 1. The highest BCUT2D eigenvalue weighted by molar-refractivity contribution is 14.0. The summed E-state index contributed by atoms with van der Waals surface area (Å²) >= 11 is 0. The highest BCUT2D eigenvalue weighted by Crippen LogP contribution is 2.18. The number of carbonyl (C=O) groups is 1. The first kappa shape index (κ1) is 22.5. The molecule has 1 aromatic carbocycles. The Morgan fingerprint density at radius 3 is 2.82 bits per heavy atom. The molecule has 0 bridgehead atoms. The minimum Gasteiger partial charge on any atom is -0.361 e. The molecular weight excluding hydrogens is 465 g/mol. The molecule has 1 aromatic heterocycles. The maximum absolute atomic E-state index is 12.4. The molecule has 2 aromatic rings. The molecule has 6 nitrogen and oxygen atoms in total. The van der Waals surface area contributed by atoms with E-state index in [4.69, 9.17) is 0 Å². The number of nitrogens with one attached hydrogen (secondary N) is 3. The van der Waals surface area contributed by atoms with E-state index in [1.54, 1.807) is 7.05 Å². The minimum absolute atomic E-state index is 0. The molecule has 2 heterocycles. The van der Waals surface area contributed by atoms with Crippen LogP contribution in [0.3, 0.4) is 0 Å². The predicted molar refractivity (Wildman–Crippen MR) is 126 cm³/mol. The van der Waals surface area contributed by atoms with Gasteiger partial charge in [-0.3, -0.25) is 9.79 Å². The zero-order valence-corrected chi connectivity index (χ0v) is 19.2. The molecule has 1 aliphatic rings. The van der Waals surface area contributed by atoms with Crippen molar-refractivity contribution in [3.63, 3.8) is 0 Å². The number of benzene rings is 1. The van der Waals surface area contributed by atoms with Gasteiger partial charge < -0.3 is 20.5 Å². The lowest BCUT2D eigenvalue weighted by molar-refractivity contribution is -0.134. The van der Waals surface area contributed by atoms with Crippen molar-refractivity contribution in [1.82, 2.24) is 20.5 Å². The van der Waals surface area contributed by atoms with Gasteiger partial charge in [0.25, 0.3) is 0 Å². The second-order valence-electron chi connectivity index (χ2n) is 7.22. The lowest BCUT2D eigenvalue weighted by atomic mass is 10.0. The number of aliphatic imine (C=N–C) groups is 1. The van der Waals surface area contributed by atoms with Crippen LogP contribution in [0.25, 0.3) is 10.9 Å². The van der Waals surface area contributed by atoms with Gasteiger partial charge in [-0.15, -0.1) is 24.0 Å². The van der Waals surface area contributed by atoms with E-state index in [-0.39, 0.29) is 29.9 Å². The van der Waals surface area contributed by atoms with Gasteiger partial charge >= 0.3 is 0 Å². The van der Waals surface area contributed by atoms with Crippen molar-refractivity contribution in [2.45, 2.75) is 45.1 Å². The van der Waals surface area contributed by atoms with Crippen molar-refractivity contribution in [3.8, 4) is 0 Å². The molecule has 0 aliphatic carbocycles. The summed E-state index contributed by atoms with van der Waals surface area (Å²) in [6.07, 6.45) is 6.97. The van der Waals surface area contributed by atoms with Gasteiger partial charge in [-0.1, -0.05) is 18.2 Å². The number of hydrogen-bond acceptors (Lipinski definition) is 2. The van der Waals surface area contributed by atoms with Crippen LogP contribution < -0.4 is 10.6 Å². The van der Waals surface area contributed by atoms with E-state index in [2.05, 4.69) is 51.9 Å². The molecule has 154 valence electrons. The number of para-hydroxylation sites is 1. The molecule has 0 saturated carbocycles. The Balaban J connectivity index is 0.00000280. The van der Waals surface area contributed by atoms with Gasteiger partial charge in [-0.25, -0.2) is 0 Å². The van der Waals surface area contributed by atoms with Crippen LogP contribution in [0.2, 0.25) is 0 Å². The highest BCUT2D eigenvalue weighted by atomic mass is 127. The van der Waals surface area contributed by atoms with Gasteiger partial charge in [0, 0.05) is 56.2 Å². The van der Waals surface area contributed by atoms with Gasteiger partial charge in [-0.2, -0.15) is 0 Å². The van der Waals surface area contributed by atoms with Crippen molar-refractivity contribution in [1.29, 1.82) is 0 Å². The third-order valence-corrected chi connectivity index (χ3v) is 5.34. The summed E-state index contributed by atoms with van der Waals surface area (Å²) in [5.41, 5.74) is 2.46. The fourth-order valence-electron chi connectivity index (χ4n) is 3.77. The number of rotatable bonds is 6. The largest absolute Gasteiger partial charge is 0.361 e. The Hall–Kier alpha value is -1.77. The van der Waals surface area contributed by atoms with Crippen LogP contribution in [0.1, 0.15) is 38.2 Å². The van der Waals surface area contributed by atoms with Crippen LogP contribution in [0.5, 0.6) is 0 Å². The lowest BCUT2D eigenvalue weighted by Gasteiger charge is -2.33. The van der Waals surface area contributed by atoms with Gasteiger partial charge in [0.05, 0.1) is 0 Å². The Labute approximate surface area is 184 Å². The van der Waals surface area contributed by atoms with E-state index in [1.807, 2.05) is 11.0 Å². The molecule has 1 aliphatic heterocycles. The number of halogens is 1. The maximum atomic E-state index is 12.4. The van der Waals surface area contributed by atoms with E-state index >= 15 is 0 Å². The molecule has 0 radical (unpaired) electrons. The van der Waals surface area contributed by atoms with Crippen LogP contribution in [-0.2, 0) is 11.2 Å². The summed E-state index contributed by atoms with van der Waals surface area (Å²) in [6, 6.07) is 8.71. The molecule has 1 amide bonds. The van der Waals surface area contributed by atoms with Crippen LogP contribution in [0.4, 0.5) is 0 Å². The topological polar surface area (TPSA) is 72.5 Å². The highest BCUT2D eigenvalue weighted by Gasteiger charge is 2.22. The quantitative estimate of drug-likeness (QED) is 0.326. The molecular formula is C21H32IN5O. The number of aromatic nitrogens is 1. The number of aromatic amines is 1. The number of H-pyrrole nitrogens is 1. The minimum atomic E-state index is 0. The number of fused-ring (bicyclic) bond motifs is 1. The molecule has 1 saturated heterocycles. The maximum Gasteiger partial charge on any atom is 0.224 e. The molecule has 0 spiro atoms. The Morgan fingerprint density at radius 2 is 2.04 bits per heavy atom. The molecule has 3 N–H and O–H groups in total. The first-order valence-corrected chi connectivity index (χ1v) is 9.98. The normalized spacial score (nSPS) is 17.3. The van der Waals surface area contributed by atoms with E-state index < -0.39 is 0 Å². The fraction of sp³-hybridized carbons (Fsp3) is 0.524. The average molecular weight is 497 g/mol. The molecule has 7 heteroatoms. The number of carbonyl (C=O) groups excluding carboxylic acids is 1. The van der Waals surface area contributed by atoms with Crippen molar-refractivity contribution < 1.29 is 4.79 Å². The Morgan fingerprint density at radius 1 is 1.25 bits per heavy atom. The van der Waals surface area contributed by atoms with Crippen LogP contribution in [0, 0.1) is 0 Å². The van der Waals surface area contributed by atoms with Crippen LogP contribution >= 0.6 is 24.0 Å². The third-order valence-electron chi connectivity index (χ3n) is 5.34. The second-order valence-corrected chi connectivity index (χ2v) is 7.22. The van der Waals surface area contributed by atoms with Gasteiger partial charge in [0.1, 0.15) is 0 Å². The molecule has 1 unspecified atom stereocenters. The molecule has 28 heavy (non-hydrogen) atoms. The number of guanidine groups is 1. The van der Waals surface area contributed by atoms with Gasteiger partial charge in [0.15, 0.2) is 5.96 Å². The Bertz CT molecular complexity index is 788. The number of hydrogen-bond donors (Lipinski definition) is 3. The van der Waals surface area contributed by atoms with Crippen molar-refractivity contribution in [2.75, 3.05) is 26.7 Å². The first-order valence-electron chi connectivity index (χ1n) is 9.98. The molecule has 1 atom stereocenters. The van der Waals surface area contributed by atoms with Crippen LogP contribution in [0.15, 0.2) is 35.5 Å². The molecule has 1 fully saturated rings. The average Bonchev–Trinajstić information content (AvgIpc) is 3.10. The summed E-state index contributed by atoms with van der Waals surface area (Å²) in [4.78, 5) is 22.0. The number of likely N-dealkylation sites (tertiary alicyclic amines) is 1. The van der Waals surface area contributed by atoms with Gasteiger partial charge in [0.2, 0.25) is 5.91 Å². The summed E-state index contributed by atoms with van der Waals surface area (Å²) in [6.45, 7) is 4.45. The molecule has 3 rings (SSSR count). The number of piperidine rings is 1. The zero-order chi connectivity index (χ0) is 19.1. The standard InChI is InChI=1S/C21H31N5O.HI/c1-16-7-5-6-14-26(16)20(27)11-13-24-21(22-2)23-12-10-17-15-25-19-9-4-3-8-18(17)19;/h3-4,8-9,15-16,25H,5-7,10-14H2,1-2H3,(H2,22,23,24);1H. The second kappa shape index (κ2) is 11.3. The fourth-order valence-corrected chi connectivity index (χ4v) is 3.77. The smallest absolute Gasteiger partial charge is 0.224 e. The first-order chi connectivity index (χ1) is 13.2. The van der Waals surface area contributed by atoms with E-state index in [9.17, 15) is 4.79 Å². The number of nitrogens with zero attached hydrogens (tertiary/aromatic N) is 2. The van der Waals surface area contributed by atoms with E-state index in [0.29, 0.717) is 19.0 Å². The van der Waals surface area contributed by atoms with E-state index in [0.717, 1.165) is 38.3 Å². The lowest BCUT2D eigenvalue weighted by Crippen LogP contribution is -2.44. The van der Waals surface area contributed by atoms with E-state index in [1.165, 1.54) is 22.9 Å². The van der Waals surface area contributed by atoms with Crippen molar-refractivity contribution in [3.05, 3.63) is 36.0 Å². The summed E-state index contributed by atoms with van der Waals surface area (Å²) in [7, 11) is 1.76. The van der Waals surface area contributed by atoms with Crippen molar-refractivity contribution >= 4 is 46.7 Å². The van der Waals surface area contributed by atoms with Crippen molar-refractivity contribution in [2.24, 2.45) is 4.99 Å². The van der Waals surface area contributed by atoms with Crippen LogP contribution in [-0.4, -0.2) is 54.5 Å². The predicted octanol–water partition coefficient (Wildman–Crippen LogP) is 3.28. The third kappa shape index (κ3) is 5.86. The zero-order valence-electron chi connectivity index (χ0n) is 16.8.